The summed E-state index contributed by atoms with van der Waals surface area (Å²) in [4.78, 5) is 18.0. The number of alkyl halides is 3. The van der Waals surface area contributed by atoms with Crippen LogP contribution in [0, 0.1) is 0 Å². The van der Waals surface area contributed by atoms with Crippen LogP contribution in [0.4, 0.5) is 24.0 Å². The van der Waals surface area contributed by atoms with Crippen LogP contribution in [0.15, 0.2) is 53.9 Å². The van der Waals surface area contributed by atoms with E-state index in [1.165, 1.54) is 22.3 Å². The summed E-state index contributed by atoms with van der Waals surface area (Å²) >= 11 is 1.27. The fraction of sp³-hybridized carbons (Fsp3) is 0.158. The lowest BCUT2D eigenvalue weighted by molar-refractivity contribution is -0.137. The van der Waals surface area contributed by atoms with Crippen molar-refractivity contribution in [1.82, 2.24) is 9.88 Å². The number of benzene rings is 2. The molecule has 0 aliphatic carbocycles. The number of nitrogens with one attached hydrogen (secondary N) is 1. The zero-order valence-electron chi connectivity index (χ0n) is 14.5. The highest BCUT2D eigenvalue weighted by Crippen LogP contribution is 2.32. The van der Waals surface area contributed by atoms with Crippen LogP contribution in [0.3, 0.4) is 0 Å². The summed E-state index contributed by atoms with van der Waals surface area (Å²) in [5, 5.41) is 5.15. The molecule has 0 aliphatic heterocycles. The van der Waals surface area contributed by atoms with E-state index in [1.54, 1.807) is 43.7 Å². The Hall–Kier alpha value is -2.87. The van der Waals surface area contributed by atoms with Gasteiger partial charge in [0.15, 0.2) is 5.13 Å². The smallest absolute Gasteiger partial charge is 0.345 e. The summed E-state index contributed by atoms with van der Waals surface area (Å²) in [5.41, 5.74) is 1.53. The maximum absolute atomic E-state index is 12.8. The Bertz CT molecular complexity index is 967. The van der Waals surface area contributed by atoms with Gasteiger partial charge in [-0.3, -0.25) is 4.79 Å². The van der Waals surface area contributed by atoms with E-state index in [4.69, 9.17) is 0 Å². The number of amides is 1. The van der Waals surface area contributed by atoms with Gasteiger partial charge in [0.25, 0.3) is 5.91 Å². The van der Waals surface area contributed by atoms with Crippen molar-refractivity contribution in [3.05, 3.63) is 65.0 Å². The number of thiazole rings is 1. The van der Waals surface area contributed by atoms with E-state index in [-0.39, 0.29) is 5.91 Å². The molecule has 8 heteroatoms. The quantitative estimate of drug-likeness (QED) is 0.659. The molecule has 0 bridgehead atoms. The largest absolute Gasteiger partial charge is 0.416 e. The van der Waals surface area contributed by atoms with Crippen LogP contribution in [0.2, 0.25) is 0 Å². The number of carbonyl (C=O) groups is 1. The van der Waals surface area contributed by atoms with Crippen molar-refractivity contribution < 1.29 is 18.0 Å². The van der Waals surface area contributed by atoms with E-state index < -0.39 is 11.7 Å². The molecule has 140 valence electrons. The van der Waals surface area contributed by atoms with Gasteiger partial charge >= 0.3 is 6.18 Å². The molecule has 0 spiro atoms. The van der Waals surface area contributed by atoms with Crippen molar-refractivity contribution >= 4 is 28.1 Å². The highest BCUT2D eigenvalue weighted by atomic mass is 32.1. The standard InChI is InChI=1S/C19H16F3N3OS/c1-25(2)17(26)13-6-3-5-12(9-13)16-11-27-18(24-16)23-15-8-4-7-14(10-15)19(20,21)22/h3-11H,1-2H3,(H,23,24). The first kappa shape index (κ1) is 18.9. The van der Waals surface area contributed by atoms with E-state index in [0.29, 0.717) is 22.1 Å². The van der Waals surface area contributed by atoms with Crippen LogP contribution >= 0.6 is 11.3 Å². The fourth-order valence-electron chi connectivity index (χ4n) is 2.43. The molecule has 3 rings (SSSR count). The maximum Gasteiger partial charge on any atom is 0.416 e. The minimum atomic E-state index is -4.40. The van der Waals surface area contributed by atoms with E-state index >= 15 is 0 Å². The van der Waals surface area contributed by atoms with Crippen molar-refractivity contribution in [2.75, 3.05) is 19.4 Å². The Kier molecular flexibility index (Phi) is 5.18. The van der Waals surface area contributed by atoms with Crippen LogP contribution in [0.25, 0.3) is 11.3 Å². The highest BCUT2D eigenvalue weighted by Gasteiger charge is 2.30. The van der Waals surface area contributed by atoms with Gasteiger partial charge in [-0.1, -0.05) is 18.2 Å². The third-order valence-corrected chi connectivity index (χ3v) is 4.51. The van der Waals surface area contributed by atoms with Gasteiger partial charge in [-0.2, -0.15) is 13.2 Å². The first-order valence-electron chi connectivity index (χ1n) is 7.96. The maximum atomic E-state index is 12.8. The second-order valence-electron chi connectivity index (χ2n) is 6.02. The van der Waals surface area contributed by atoms with E-state index in [9.17, 15) is 18.0 Å². The summed E-state index contributed by atoms with van der Waals surface area (Å²) in [6.45, 7) is 0. The number of hydrogen-bond donors (Lipinski definition) is 1. The fourth-order valence-corrected chi connectivity index (χ4v) is 3.17. The predicted molar refractivity (Wildman–Crippen MR) is 100 cm³/mol. The topological polar surface area (TPSA) is 45.2 Å². The van der Waals surface area contributed by atoms with Crippen molar-refractivity contribution in [1.29, 1.82) is 0 Å². The Morgan fingerprint density at radius 2 is 1.85 bits per heavy atom. The van der Waals surface area contributed by atoms with Crippen molar-refractivity contribution in [3.63, 3.8) is 0 Å². The number of anilines is 2. The third kappa shape index (κ3) is 4.46. The molecule has 3 aromatic rings. The number of aromatic nitrogens is 1. The van der Waals surface area contributed by atoms with E-state index in [0.717, 1.165) is 17.7 Å². The van der Waals surface area contributed by atoms with Gasteiger partial charge in [0.05, 0.1) is 11.3 Å². The number of carbonyl (C=O) groups excluding carboxylic acids is 1. The SMILES string of the molecule is CN(C)C(=O)c1cccc(-c2csc(Nc3cccc(C(F)(F)F)c3)n2)c1. The first-order chi connectivity index (χ1) is 12.7. The first-order valence-corrected chi connectivity index (χ1v) is 8.84. The molecule has 0 unspecified atom stereocenters. The van der Waals surface area contributed by atoms with Crippen molar-refractivity contribution in [2.45, 2.75) is 6.18 Å². The number of hydrogen-bond acceptors (Lipinski definition) is 4. The monoisotopic (exact) mass is 391 g/mol. The van der Waals surface area contributed by atoms with Crippen molar-refractivity contribution in [3.8, 4) is 11.3 Å². The Balaban J connectivity index is 1.82. The second-order valence-corrected chi connectivity index (χ2v) is 6.88. The summed E-state index contributed by atoms with van der Waals surface area (Å²) in [6, 6.07) is 12.0. The molecular formula is C19H16F3N3OS. The third-order valence-electron chi connectivity index (χ3n) is 3.76. The second kappa shape index (κ2) is 7.40. The van der Waals surface area contributed by atoms with Crippen LogP contribution in [-0.4, -0.2) is 29.9 Å². The molecule has 0 saturated heterocycles. The van der Waals surface area contributed by atoms with Crippen molar-refractivity contribution in [2.24, 2.45) is 0 Å². The van der Waals surface area contributed by atoms with Gasteiger partial charge in [0.2, 0.25) is 0 Å². The summed E-state index contributed by atoms with van der Waals surface area (Å²) in [7, 11) is 3.35. The minimum absolute atomic E-state index is 0.116. The van der Waals surface area contributed by atoms with Gasteiger partial charge in [-0.15, -0.1) is 11.3 Å². The Morgan fingerprint density at radius 1 is 1.11 bits per heavy atom. The van der Waals surface area contributed by atoms with Crippen LogP contribution in [0.1, 0.15) is 15.9 Å². The summed E-state index contributed by atoms with van der Waals surface area (Å²) < 4.78 is 38.5. The number of rotatable bonds is 4. The molecule has 1 heterocycles. The minimum Gasteiger partial charge on any atom is -0.345 e. The normalized spacial score (nSPS) is 11.3. The van der Waals surface area contributed by atoms with E-state index in [1.807, 2.05) is 6.07 Å². The van der Waals surface area contributed by atoms with E-state index in [2.05, 4.69) is 10.3 Å². The average molecular weight is 391 g/mol. The lowest BCUT2D eigenvalue weighted by Gasteiger charge is -2.10. The zero-order chi connectivity index (χ0) is 19.6. The lowest BCUT2D eigenvalue weighted by Crippen LogP contribution is -2.21. The molecule has 27 heavy (non-hydrogen) atoms. The zero-order valence-corrected chi connectivity index (χ0v) is 15.4. The predicted octanol–water partition coefficient (Wildman–Crippen LogP) is 5.27. The molecule has 1 aromatic heterocycles. The number of halogens is 3. The average Bonchev–Trinajstić information content (AvgIpc) is 3.09. The highest BCUT2D eigenvalue weighted by molar-refractivity contribution is 7.14. The van der Waals surface area contributed by atoms with Gasteiger partial charge in [0.1, 0.15) is 0 Å². The molecule has 0 atom stereocenters. The molecule has 0 saturated carbocycles. The van der Waals surface area contributed by atoms with Crippen LogP contribution < -0.4 is 5.32 Å². The van der Waals surface area contributed by atoms with Gasteiger partial charge in [-0.25, -0.2) is 4.98 Å². The van der Waals surface area contributed by atoms with Gasteiger partial charge in [-0.05, 0) is 30.3 Å². The summed E-state index contributed by atoms with van der Waals surface area (Å²) in [6.07, 6.45) is -4.40. The number of nitrogens with zero attached hydrogens (tertiary/aromatic N) is 2. The Labute approximate surface area is 158 Å². The molecule has 2 aromatic carbocycles. The molecule has 1 N–H and O–H groups in total. The molecule has 0 radical (unpaired) electrons. The van der Waals surface area contributed by atoms with Gasteiger partial charge < -0.3 is 10.2 Å². The molecule has 4 nitrogen and oxygen atoms in total. The molecular weight excluding hydrogens is 375 g/mol. The lowest BCUT2D eigenvalue weighted by atomic mass is 10.1. The van der Waals surface area contributed by atoms with Gasteiger partial charge in [0, 0.05) is 36.3 Å². The molecule has 1 amide bonds. The van der Waals surface area contributed by atoms with Crippen LogP contribution in [-0.2, 0) is 6.18 Å². The summed E-state index contributed by atoms with van der Waals surface area (Å²) in [5.74, 6) is -0.116. The van der Waals surface area contributed by atoms with Crippen LogP contribution in [0.5, 0.6) is 0 Å². The molecule has 0 fully saturated rings. The Morgan fingerprint density at radius 3 is 2.56 bits per heavy atom. The molecule has 0 aliphatic rings.